The van der Waals surface area contributed by atoms with Crippen molar-refractivity contribution in [2.45, 2.75) is 46.5 Å². The summed E-state index contributed by atoms with van der Waals surface area (Å²) >= 11 is 0. The number of fused-ring (bicyclic) bond motifs is 3. The Labute approximate surface area is 165 Å². The number of carbonyl (C=O) groups is 2. The molecule has 0 amide bonds. The summed E-state index contributed by atoms with van der Waals surface area (Å²) in [5, 5.41) is 9.58. The molecule has 1 fully saturated rings. The zero-order valence-electron chi connectivity index (χ0n) is 16.6. The van der Waals surface area contributed by atoms with Crippen LogP contribution in [0.5, 0.6) is 0 Å². The third kappa shape index (κ3) is 2.52. The molecule has 142 valence electrons. The Morgan fingerprint density at radius 2 is 2.00 bits per heavy atom. The third-order valence-corrected chi connectivity index (χ3v) is 7.09. The number of Topliss-reactive ketones (excluding diaryl/α,β-unsaturated/α-hetero) is 1. The largest absolute Gasteiger partial charge is 0.367 e. The van der Waals surface area contributed by atoms with Crippen molar-refractivity contribution in [2.75, 3.05) is 0 Å². The number of aromatic nitrogens is 1. The number of hydrogen-bond donors (Lipinski definition) is 1. The number of aromatic amines is 1. The van der Waals surface area contributed by atoms with E-state index < -0.39 is 10.8 Å². The van der Waals surface area contributed by atoms with Crippen LogP contribution in [0.4, 0.5) is 0 Å². The lowest BCUT2D eigenvalue weighted by Gasteiger charge is -2.57. The fourth-order valence-electron chi connectivity index (χ4n) is 5.68. The van der Waals surface area contributed by atoms with Crippen LogP contribution in [0, 0.1) is 45.3 Å². The van der Waals surface area contributed by atoms with Gasteiger partial charge in [0.15, 0.2) is 11.6 Å². The van der Waals surface area contributed by atoms with E-state index >= 15 is 0 Å². The standard InChI is InChI=1S/C24H24N2O2/c1-22(2)19-6-10-24(8-4-16-7-11-26-15-16)9-5-18(27)12-20(24)23(19,3)13-17(14-25)21(22)28/h7,11-13,15,19,26H,5-6,9-10H2,1-3H3. The van der Waals surface area contributed by atoms with E-state index in [2.05, 4.69) is 29.8 Å². The van der Waals surface area contributed by atoms with Gasteiger partial charge in [-0.15, -0.1) is 0 Å². The van der Waals surface area contributed by atoms with Crippen LogP contribution in [0.15, 0.2) is 41.8 Å². The van der Waals surface area contributed by atoms with Gasteiger partial charge in [-0.05, 0) is 42.9 Å². The molecule has 3 unspecified atom stereocenters. The molecule has 4 nitrogen and oxygen atoms in total. The van der Waals surface area contributed by atoms with Gasteiger partial charge in [0.1, 0.15) is 6.07 Å². The summed E-state index contributed by atoms with van der Waals surface area (Å²) in [6, 6.07) is 4.04. The maximum atomic E-state index is 12.9. The first-order chi connectivity index (χ1) is 13.2. The topological polar surface area (TPSA) is 73.7 Å². The summed E-state index contributed by atoms with van der Waals surface area (Å²) in [6.45, 7) is 5.96. The van der Waals surface area contributed by atoms with Gasteiger partial charge in [-0.2, -0.15) is 5.26 Å². The Kier molecular flexibility index (Phi) is 4.02. The minimum Gasteiger partial charge on any atom is -0.367 e. The Bertz CT molecular complexity index is 1020. The molecule has 1 N–H and O–H groups in total. The lowest BCUT2D eigenvalue weighted by Crippen LogP contribution is -2.53. The number of hydrogen-bond acceptors (Lipinski definition) is 3. The molecule has 0 spiro atoms. The van der Waals surface area contributed by atoms with Crippen LogP contribution in [0.1, 0.15) is 52.0 Å². The van der Waals surface area contributed by atoms with Crippen molar-refractivity contribution in [2.24, 2.45) is 22.2 Å². The molecule has 3 aliphatic rings. The molecule has 4 heteroatoms. The van der Waals surface area contributed by atoms with Gasteiger partial charge < -0.3 is 4.98 Å². The predicted molar refractivity (Wildman–Crippen MR) is 106 cm³/mol. The molecule has 4 rings (SSSR count). The van der Waals surface area contributed by atoms with E-state index in [9.17, 15) is 14.9 Å². The Hall–Kier alpha value is -2.85. The van der Waals surface area contributed by atoms with Gasteiger partial charge >= 0.3 is 0 Å². The van der Waals surface area contributed by atoms with E-state index in [0.29, 0.717) is 12.8 Å². The normalized spacial score (nSPS) is 33.4. The minimum absolute atomic E-state index is 0.0453. The quantitative estimate of drug-likeness (QED) is 0.696. The van der Waals surface area contributed by atoms with Gasteiger partial charge in [-0.25, -0.2) is 0 Å². The molecule has 1 aromatic heterocycles. The fourth-order valence-corrected chi connectivity index (χ4v) is 5.68. The van der Waals surface area contributed by atoms with Crippen LogP contribution in [0.25, 0.3) is 0 Å². The monoisotopic (exact) mass is 372 g/mol. The van der Waals surface area contributed by atoms with E-state index in [0.717, 1.165) is 24.0 Å². The number of carbonyl (C=O) groups excluding carboxylic acids is 2. The lowest BCUT2D eigenvalue weighted by atomic mass is 9.45. The minimum atomic E-state index is -0.643. The number of H-pyrrole nitrogens is 1. The molecule has 0 saturated heterocycles. The van der Waals surface area contributed by atoms with Gasteiger partial charge in [0.05, 0.1) is 11.0 Å². The highest BCUT2D eigenvalue weighted by Gasteiger charge is 2.59. The molecule has 1 saturated carbocycles. The zero-order valence-corrected chi connectivity index (χ0v) is 16.6. The smallest absolute Gasteiger partial charge is 0.178 e. The second-order valence-corrected chi connectivity index (χ2v) is 9.05. The first-order valence-electron chi connectivity index (χ1n) is 9.82. The summed E-state index contributed by atoms with van der Waals surface area (Å²) in [6.07, 6.45) is 10.2. The molecule has 0 aromatic carbocycles. The van der Waals surface area contributed by atoms with Crippen LogP contribution < -0.4 is 0 Å². The SMILES string of the molecule is CC1(C)C(=O)C(C#N)=CC2(C)C3=CC(=O)CCC3(C#Cc3cc[nH]c3)CCC12. The Morgan fingerprint density at radius 1 is 1.21 bits per heavy atom. The third-order valence-electron chi connectivity index (χ3n) is 7.09. The van der Waals surface area contributed by atoms with E-state index in [4.69, 9.17) is 0 Å². The van der Waals surface area contributed by atoms with Gasteiger partial charge in [-0.1, -0.05) is 38.7 Å². The molecule has 3 atom stereocenters. The first kappa shape index (κ1) is 18.5. The van der Waals surface area contributed by atoms with Crippen LogP contribution >= 0.6 is 0 Å². The molecule has 1 heterocycles. The lowest BCUT2D eigenvalue weighted by molar-refractivity contribution is -0.130. The average Bonchev–Trinajstić information content (AvgIpc) is 3.18. The van der Waals surface area contributed by atoms with Gasteiger partial charge in [0.25, 0.3) is 0 Å². The summed E-state index contributed by atoms with van der Waals surface area (Å²) in [5.41, 5.74) is 0.565. The highest BCUT2D eigenvalue weighted by molar-refractivity contribution is 6.04. The Morgan fingerprint density at radius 3 is 2.68 bits per heavy atom. The van der Waals surface area contributed by atoms with E-state index in [1.807, 2.05) is 38.4 Å². The molecule has 0 bridgehead atoms. The van der Waals surface area contributed by atoms with Crippen LogP contribution in [-0.2, 0) is 9.59 Å². The number of nitrogens with zero attached hydrogens (tertiary/aromatic N) is 1. The van der Waals surface area contributed by atoms with Gasteiger partial charge in [0, 0.05) is 35.2 Å². The molecular formula is C24H24N2O2. The molecule has 28 heavy (non-hydrogen) atoms. The van der Waals surface area contributed by atoms with Gasteiger partial charge in [-0.3, -0.25) is 9.59 Å². The number of ketones is 2. The second kappa shape index (κ2) is 6.08. The molecule has 3 aliphatic carbocycles. The van der Waals surface area contributed by atoms with Gasteiger partial charge in [0.2, 0.25) is 0 Å². The van der Waals surface area contributed by atoms with E-state index in [-0.39, 0.29) is 28.5 Å². The van der Waals surface area contributed by atoms with Crippen LogP contribution in [0.3, 0.4) is 0 Å². The van der Waals surface area contributed by atoms with Crippen molar-refractivity contribution in [3.63, 3.8) is 0 Å². The first-order valence-corrected chi connectivity index (χ1v) is 9.82. The summed E-state index contributed by atoms with van der Waals surface area (Å²) < 4.78 is 0. The fraction of sp³-hybridized carbons (Fsp3) is 0.458. The summed E-state index contributed by atoms with van der Waals surface area (Å²) in [7, 11) is 0. The number of allylic oxidation sites excluding steroid dienone is 4. The highest BCUT2D eigenvalue weighted by Crippen LogP contribution is 2.63. The molecule has 0 aliphatic heterocycles. The van der Waals surface area contributed by atoms with Crippen molar-refractivity contribution < 1.29 is 9.59 Å². The van der Waals surface area contributed by atoms with Crippen molar-refractivity contribution in [3.8, 4) is 17.9 Å². The number of nitrogens with one attached hydrogen (secondary N) is 1. The molecule has 0 radical (unpaired) electrons. The molecular weight excluding hydrogens is 348 g/mol. The van der Waals surface area contributed by atoms with E-state index in [1.54, 1.807) is 6.08 Å². The van der Waals surface area contributed by atoms with Crippen molar-refractivity contribution >= 4 is 11.6 Å². The summed E-state index contributed by atoms with van der Waals surface area (Å²) in [4.78, 5) is 28.3. The van der Waals surface area contributed by atoms with Crippen LogP contribution in [0.2, 0.25) is 0 Å². The van der Waals surface area contributed by atoms with Crippen LogP contribution in [-0.4, -0.2) is 16.6 Å². The van der Waals surface area contributed by atoms with Crippen molar-refractivity contribution in [1.29, 1.82) is 5.26 Å². The van der Waals surface area contributed by atoms with Crippen molar-refractivity contribution in [1.82, 2.24) is 4.98 Å². The Balaban J connectivity index is 1.91. The maximum absolute atomic E-state index is 12.9. The number of nitriles is 1. The maximum Gasteiger partial charge on any atom is 0.178 e. The zero-order chi connectivity index (χ0) is 20.2. The van der Waals surface area contributed by atoms with Crippen molar-refractivity contribution in [3.05, 3.63) is 47.3 Å². The summed E-state index contributed by atoms with van der Waals surface area (Å²) in [5.74, 6) is 6.85. The molecule has 1 aromatic rings. The predicted octanol–water partition coefficient (Wildman–Crippen LogP) is 4.12. The average molecular weight is 372 g/mol. The van der Waals surface area contributed by atoms with E-state index in [1.165, 1.54) is 0 Å². The highest BCUT2D eigenvalue weighted by atomic mass is 16.1. The second-order valence-electron chi connectivity index (χ2n) is 9.05. The number of rotatable bonds is 0.